The summed E-state index contributed by atoms with van der Waals surface area (Å²) in [6.45, 7) is 1.75. The summed E-state index contributed by atoms with van der Waals surface area (Å²) in [6.07, 6.45) is -0.835. The lowest BCUT2D eigenvalue weighted by Crippen LogP contribution is -2.15. The summed E-state index contributed by atoms with van der Waals surface area (Å²) in [4.78, 5) is 11.9. The van der Waals surface area contributed by atoms with E-state index in [9.17, 15) is 15.0 Å². The Labute approximate surface area is 117 Å². The minimum absolute atomic E-state index is 0.00998. The van der Waals surface area contributed by atoms with E-state index in [4.69, 9.17) is 0 Å². The van der Waals surface area contributed by atoms with Crippen LogP contribution < -0.4 is 5.32 Å². The Morgan fingerprint density at radius 2 is 1.90 bits per heavy atom. The number of aliphatic hydroxyl groups is 1. The molecular formula is C16H17NO3. The van der Waals surface area contributed by atoms with Gasteiger partial charge >= 0.3 is 0 Å². The minimum atomic E-state index is -0.825. The average Bonchev–Trinajstić information content (AvgIpc) is 2.44. The average molecular weight is 271 g/mol. The number of nitrogens with one attached hydrogen (secondary N) is 1. The summed E-state index contributed by atoms with van der Waals surface area (Å²) < 4.78 is 0. The summed E-state index contributed by atoms with van der Waals surface area (Å²) in [5.41, 5.74) is 2.00. The van der Waals surface area contributed by atoms with Crippen molar-refractivity contribution >= 4 is 11.6 Å². The van der Waals surface area contributed by atoms with E-state index in [0.717, 1.165) is 0 Å². The molecule has 104 valence electrons. The van der Waals surface area contributed by atoms with Crippen LogP contribution in [0.3, 0.4) is 0 Å². The Kier molecular flexibility index (Phi) is 4.38. The topological polar surface area (TPSA) is 69.6 Å². The summed E-state index contributed by atoms with van der Waals surface area (Å²) in [5, 5.41) is 22.1. The fourth-order valence-corrected chi connectivity index (χ4v) is 1.91. The number of aliphatic hydroxyl groups excluding tert-OH is 1. The first-order valence-corrected chi connectivity index (χ1v) is 6.39. The predicted octanol–water partition coefficient (Wildman–Crippen LogP) is 2.76. The van der Waals surface area contributed by atoms with E-state index in [1.807, 2.05) is 18.2 Å². The molecule has 0 saturated carbocycles. The number of hydrogen-bond donors (Lipinski definition) is 3. The second-order valence-electron chi connectivity index (χ2n) is 4.68. The number of phenols is 1. The van der Waals surface area contributed by atoms with Crippen LogP contribution in [0, 0.1) is 6.92 Å². The molecule has 4 nitrogen and oxygen atoms in total. The van der Waals surface area contributed by atoms with Gasteiger partial charge < -0.3 is 15.5 Å². The first kappa shape index (κ1) is 14.1. The zero-order valence-corrected chi connectivity index (χ0v) is 11.2. The molecule has 0 saturated heterocycles. The van der Waals surface area contributed by atoms with E-state index < -0.39 is 6.10 Å². The molecule has 2 rings (SSSR count). The van der Waals surface area contributed by atoms with Crippen molar-refractivity contribution in [2.75, 3.05) is 5.32 Å². The number of amides is 1. The van der Waals surface area contributed by atoms with Gasteiger partial charge in [-0.15, -0.1) is 0 Å². The van der Waals surface area contributed by atoms with E-state index in [1.165, 1.54) is 6.07 Å². The summed E-state index contributed by atoms with van der Waals surface area (Å²) in [7, 11) is 0. The molecule has 0 aromatic heterocycles. The van der Waals surface area contributed by atoms with Crippen LogP contribution in [0.25, 0.3) is 0 Å². The van der Waals surface area contributed by atoms with Crippen molar-refractivity contribution in [1.82, 2.24) is 0 Å². The molecule has 0 aliphatic heterocycles. The highest BCUT2D eigenvalue weighted by atomic mass is 16.3. The second kappa shape index (κ2) is 6.21. The van der Waals surface area contributed by atoms with Crippen molar-refractivity contribution in [3.05, 3.63) is 59.7 Å². The van der Waals surface area contributed by atoms with E-state index in [0.29, 0.717) is 16.8 Å². The molecule has 1 atom stereocenters. The molecule has 20 heavy (non-hydrogen) atoms. The van der Waals surface area contributed by atoms with Crippen LogP contribution in [-0.4, -0.2) is 16.1 Å². The summed E-state index contributed by atoms with van der Waals surface area (Å²) in [5.74, 6) is -0.0845. The standard InChI is InChI=1S/C16H17NO3/c1-11-9-13(7-8-14(11)18)17-16(20)10-15(19)12-5-3-2-4-6-12/h2-9,15,18-19H,10H2,1H3,(H,17,20). The van der Waals surface area contributed by atoms with E-state index in [1.54, 1.807) is 31.2 Å². The smallest absolute Gasteiger partial charge is 0.227 e. The molecule has 2 aromatic rings. The van der Waals surface area contributed by atoms with Gasteiger partial charge in [0.1, 0.15) is 5.75 Å². The summed E-state index contributed by atoms with van der Waals surface area (Å²) >= 11 is 0. The Morgan fingerprint density at radius 3 is 2.55 bits per heavy atom. The quantitative estimate of drug-likeness (QED) is 0.749. The number of anilines is 1. The summed E-state index contributed by atoms with van der Waals surface area (Å²) in [6, 6.07) is 13.9. The first-order chi connectivity index (χ1) is 9.56. The molecule has 3 N–H and O–H groups in total. The third-order valence-corrected chi connectivity index (χ3v) is 3.04. The van der Waals surface area contributed by atoms with Crippen LogP contribution in [0.15, 0.2) is 48.5 Å². The Bertz CT molecular complexity index is 596. The lowest BCUT2D eigenvalue weighted by molar-refractivity contribution is -0.118. The molecule has 0 aliphatic carbocycles. The highest BCUT2D eigenvalue weighted by molar-refractivity contribution is 5.91. The van der Waals surface area contributed by atoms with Crippen LogP contribution in [0.2, 0.25) is 0 Å². The highest BCUT2D eigenvalue weighted by Crippen LogP contribution is 2.21. The van der Waals surface area contributed by atoms with Crippen molar-refractivity contribution in [2.45, 2.75) is 19.4 Å². The van der Waals surface area contributed by atoms with Crippen LogP contribution in [0.4, 0.5) is 5.69 Å². The number of carbonyl (C=O) groups is 1. The van der Waals surface area contributed by atoms with Gasteiger partial charge in [0.15, 0.2) is 0 Å². The molecule has 0 aliphatic rings. The van der Waals surface area contributed by atoms with Gasteiger partial charge in [-0.05, 0) is 36.2 Å². The van der Waals surface area contributed by atoms with E-state index >= 15 is 0 Å². The Hall–Kier alpha value is -2.33. The minimum Gasteiger partial charge on any atom is -0.508 e. The fourth-order valence-electron chi connectivity index (χ4n) is 1.91. The first-order valence-electron chi connectivity index (χ1n) is 6.39. The van der Waals surface area contributed by atoms with Crippen molar-refractivity contribution in [2.24, 2.45) is 0 Å². The second-order valence-corrected chi connectivity index (χ2v) is 4.68. The maximum Gasteiger partial charge on any atom is 0.227 e. The number of benzene rings is 2. The van der Waals surface area contributed by atoms with Gasteiger partial charge in [-0.1, -0.05) is 30.3 Å². The number of carbonyl (C=O) groups excluding carboxylic acids is 1. The van der Waals surface area contributed by atoms with Crippen LogP contribution in [0.5, 0.6) is 5.75 Å². The lowest BCUT2D eigenvalue weighted by atomic mass is 10.1. The van der Waals surface area contributed by atoms with E-state index in [2.05, 4.69) is 5.32 Å². The van der Waals surface area contributed by atoms with Crippen molar-refractivity contribution < 1.29 is 15.0 Å². The number of phenolic OH excluding ortho intramolecular Hbond substituents is 1. The molecule has 0 spiro atoms. The number of hydrogen-bond acceptors (Lipinski definition) is 3. The molecule has 1 amide bonds. The van der Waals surface area contributed by atoms with Crippen LogP contribution in [0.1, 0.15) is 23.7 Å². The zero-order valence-electron chi connectivity index (χ0n) is 11.2. The van der Waals surface area contributed by atoms with E-state index in [-0.39, 0.29) is 18.1 Å². The van der Waals surface area contributed by atoms with Crippen molar-refractivity contribution in [3.63, 3.8) is 0 Å². The van der Waals surface area contributed by atoms with Crippen LogP contribution >= 0.6 is 0 Å². The van der Waals surface area contributed by atoms with Gasteiger partial charge in [0.2, 0.25) is 5.91 Å². The van der Waals surface area contributed by atoms with Gasteiger partial charge in [0, 0.05) is 5.69 Å². The lowest BCUT2D eigenvalue weighted by Gasteiger charge is -2.11. The SMILES string of the molecule is Cc1cc(NC(=O)CC(O)c2ccccc2)ccc1O. The Morgan fingerprint density at radius 1 is 1.20 bits per heavy atom. The normalized spacial score (nSPS) is 11.9. The molecule has 0 heterocycles. The van der Waals surface area contributed by atoms with Crippen molar-refractivity contribution in [1.29, 1.82) is 0 Å². The number of aromatic hydroxyl groups is 1. The zero-order chi connectivity index (χ0) is 14.5. The third-order valence-electron chi connectivity index (χ3n) is 3.04. The van der Waals surface area contributed by atoms with Gasteiger partial charge in [0.05, 0.1) is 12.5 Å². The maximum absolute atomic E-state index is 11.9. The third kappa shape index (κ3) is 3.59. The Balaban J connectivity index is 1.97. The molecule has 0 fully saturated rings. The molecule has 1 unspecified atom stereocenters. The predicted molar refractivity (Wildman–Crippen MR) is 77.5 cm³/mol. The molecule has 2 aromatic carbocycles. The highest BCUT2D eigenvalue weighted by Gasteiger charge is 2.13. The van der Waals surface area contributed by atoms with Crippen LogP contribution in [-0.2, 0) is 4.79 Å². The number of rotatable bonds is 4. The molecule has 0 bridgehead atoms. The largest absolute Gasteiger partial charge is 0.508 e. The maximum atomic E-state index is 11.9. The van der Waals surface area contributed by atoms with Gasteiger partial charge in [-0.3, -0.25) is 4.79 Å². The van der Waals surface area contributed by atoms with Gasteiger partial charge in [-0.2, -0.15) is 0 Å². The molecular weight excluding hydrogens is 254 g/mol. The fraction of sp³-hybridized carbons (Fsp3) is 0.188. The van der Waals surface area contributed by atoms with Gasteiger partial charge in [-0.25, -0.2) is 0 Å². The van der Waals surface area contributed by atoms with Crippen molar-refractivity contribution in [3.8, 4) is 5.75 Å². The van der Waals surface area contributed by atoms with Gasteiger partial charge in [0.25, 0.3) is 0 Å². The monoisotopic (exact) mass is 271 g/mol. The molecule has 4 heteroatoms. The number of aryl methyl sites for hydroxylation is 1. The molecule has 0 radical (unpaired) electrons.